The van der Waals surface area contributed by atoms with Crippen molar-refractivity contribution in [3.63, 3.8) is 0 Å². The summed E-state index contributed by atoms with van der Waals surface area (Å²) in [6, 6.07) is 4.11. The Morgan fingerprint density at radius 2 is 2.11 bits per heavy atom. The Morgan fingerprint density at radius 1 is 1.42 bits per heavy atom. The highest BCUT2D eigenvalue weighted by Crippen LogP contribution is 2.29. The number of nitrogens with one attached hydrogen (secondary N) is 1. The summed E-state index contributed by atoms with van der Waals surface area (Å²) in [6.45, 7) is 1.69. The molecule has 0 saturated carbocycles. The van der Waals surface area contributed by atoms with Gasteiger partial charge in [-0.1, -0.05) is 30.1 Å². The zero-order valence-electron chi connectivity index (χ0n) is 10.2. The van der Waals surface area contributed by atoms with E-state index < -0.39 is 12.0 Å². The molecule has 0 radical (unpaired) electrons. The molecule has 1 amide bonds. The first-order valence-corrected chi connectivity index (χ1v) is 7.28. The lowest BCUT2D eigenvalue weighted by molar-refractivity contribution is -0.141. The van der Waals surface area contributed by atoms with Gasteiger partial charge in [-0.15, -0.1) is 11.8 Å². The molecule has 0 fully saturated rings. The second-order valence-corrected chi connectivity index (χ2v) is 5.59. The number of thioether (sulfide) groups is 1. The van der Waals surface area contributed by atoms with Crippen LogP contribution in [0.3, 0.4) is 0 Å². The minimum atomic E-state index is -1.04. The van der Waals surface area contributed by atoms with Crippen molar-refractivity contribution >= 4 is 46.8 Å². The molecule has 0 aromatic heterocycles. The molecule has 1 atom stereocenters. The molecule has 1 rings (SSSR count). The minimum absolute atomic E-state index is 0.0871. The van der Waals surface area contributed by atoms with Crippen molar-refractivity contribution in [2.24, 2.45) is 0 Å². The Kier molecular flexibility index (Phi) is 6.48. The third-order valence-corrected chi connectivity index (χ3v) is 4.03. The van der Waals surface area contributed by atoms with Crippen LogP contribution >= 0.6 is 35.0 Å². The van der Waals surface area contributed by atoms with Gasteiger partial charge in [0, 0.05) is 9.92 Å². The summed E-state index contributed by atoms with van der Waals surface area (Å²) in [7, 11) is 0. The molecule has 0 spiro atoms. The zero-order valence-corrected chi connectivity index (χ0v) is 12.5. The molecule has 2 N–H and O–H groups in total. The van der Waals surface area contributed by atoms with Crippen molar-refractivity contribution in [2.75, 3.05) is 5.75 Å². The molecule has 7 heteroatoms. The molecule has 0 aliphatic carbocycles. The number of halogens is 2. The summed E-state index contributed by atoms with van der Waals surface area (Å²) in [4.78, 5) is 23.1. The highest BCUT2D eigenvalue weighted by Gasteiger charge is 2.17. The van der Waals surface area contributed by atoms with E-state index in [1.165, 1.54) is 11.8 Å². The summed E-state index contributed by atoms with van der Waals surface area (Å²) >= 11 is 13.0. The molecule has 0 bridgehead atoms. The normalized spacial score (nSPS) is 11.9. The summed E-state index contributed by atoms with van der Waals surface area (Å²) in [6.07, 6.45) is 0.337. The molecule has 1 unspecified atom stereocenters. The van der Waals surface area contributed by atoms with Crippen molar-refractivity contribution in [1.82, 2.24) is 5.32 Å². The maximum atomic E-state index is 11.6. The highest BCUT2D eigenvalue weighted by atomic mass is 35.5. The van der Waals surface area contributed by atoms with E-state index in [0.717, 1.165) is 0 Å². The molecule has 4 nitrogen and oxygen atoms in total. The summed E-state index contributed by atoms with van der Waals surface area (Å²) in [5.74, 6) is -1.30. The molecule has 104 valence electrons. The zero-order chi connectivity index (χ0) is 14.4. The molecule has 0 saturated heterocycles. The first-order chi connectivity index (χ1) is 8.93. The number of aliphatic carboxylic acids is 1. The Morgan fingerprint density at radius 3 is 2.68 bits per heavy atom. The highest BCUT2D eigenvalue weighted by molar-refractivity contribution is 8.00. The van der Waals surface area contributed by atoms with Gasteiger partial charge in [-0.3, -0.25) is 4.79 Å². The molecule has 1 aromatic rings. The monoisotopic (exact) mass is 321 g/mol. The molecular weight excluding hydrogens is 309 g/mol. The van der Waals surface area contributed by atoms with Gasteiger partial charge in [-0.25, -0.2) is 4.79 Å². The Balaban J connectivity index is 2.54. The molecule has 0 heterocycles. The molecule has 0 aliphatic rings. The number of benzene rings is 1. The Labute approximate surface area is 125 Å². The van der Waals surface area contributed by atoms with Crippen LogP contribution in [0.2, 0.25) is 10.0 Å². The third kappa shape index (κ3) is 5.30. The van der Waals surface area contributed by atoms with Gasteiger partial charge in [0.05, 0.1) is 10.8 Å². The fourth-order valence-electron chi connectivity index (χ4n) is 1.31. The number of amides is 1. The van der Waals surface area contributed by atoms with Crippen molar-refractivity contribution < 1.29 is 14.7 Å². The van der Waals surface area contributed by atoms with Crippen LogP contribution in [-0.2, 0) is 9.59 Å². The number of carboxylic acid groups (broad SMARTS) is 1. The van der Waals surface area contributed by atoms with E-state index in [1.54, 1.807) is 25.1 Å². The average molecular weight is 322 g/mol. The lowest BCUT2D eigenvalue weighted by atomic mass is 10.2. The quantitative estimate of drug-likeness (QED) is 0.790. The van der Waals surface area contributed by atoms with E-state index >= 15 is 0 Å². The van der Waals surface area contributed by atoms with Crippen LogP contribution < -0.4 is 5.32 Å². The van der Waals surface area contributed by atoms with Crippen LogP contribution in [0, 0.1) is 0 Å². The van der Waals surface area contributed by atoms with E-state index in [4.69, 9.17) is 28.3 Å². The Hall–Kier alpha value is -0.910. The van der Waals surface area contributed by atoms with Crippen LogP contribution in [0.15, 0.2) is 23.1 Å². The van der Waals surface area contributed by atoms with Crippen LogP contribution in [0.4, 0.5) is 0 Å². The van der Waals surface area contributed by atoms with Gasteiger partial charge in [0.25, 0.3) is 0 Å². The van der Waals surface area contributed by atoms with Crippen LogP contribution in [-0.4, -0.2) is 28.8 Å². The predicted octanol–water partition coefficient (Wildman–Crippen LogP) is 3.06. The van der Waals surface area contributed by atoms with Crippen LogP contribution in [0.25, 0.3) is 0 Å². The molecular formula is C12H13Cl2NO3S. The number of carbonyl (C=O) groups excluding carboxylic acids is 1. The first kappa shape index (κ1) is 16.1. The molecule has 1 aromatic carbocycles. The lowest BCUT2D eigenvalue weighted by Gasteiger charge is -2.12. The van der Waals surface area contributed by atoms with Crippen LogP contribution in [0.5, 0.6) is 0 Å². The number of rotatable bonds is 6. The topological polar surface area (TPSA) is 66.4 Å². The third-order valence-electron chi connectivity index (χ3n) is 2.29. The van der Waals surface area contributed by atoms with Crippen molar-refractivity contribution in [3.8, 4) is 0 Å². The molecule has 19 heavy (non-hydrogen) atoms. The number of carbonyl (C=O) groups is 2. The van der Waals surface area contributed by atoms with Crippen molar-refractivity contribution in [3.05, 3.63) is 28.2 Å². The second-order valence-electron chi connectivity index (χ2n) is 3.73. The predicted molar refractivity (Wildman–Crippen MR) is 77.0 cm³/mol. The van der Waals surface area contributed by atoms with E-state index in [9.17, 15) is 9.59 Å². The fraction of sp³-hybridized carbons (Fsp3) is 0.333. The summed E-state index contributed by atoms with van der Waals surface area (Å²) in [5.41, 5.74) is 0. The maximum Gasteiger partial charge on any atom is 0.326 e. The number of carboxylic acids is 1. The Bertz CT molecular complexity index is 482. The first-order valence-electron chi connectivity index (χ1n) is 5.54. The maximum absolute atomic E-state index is 11.6. The number of hydrogen-bond donors (Lipinski definition) is 2. The largest absolute Gasteiger partial charge is 0.480 e. The van der Waals surface area contributed by atoms with Gasteiger partial charge in [0.2, 0.25) is 5.91 Å². The van der Waals surface area contributed by atoms with Gasteiger partial charge in [-0.05, 0) is 24.6 Å². The van der Waals surface area contributed by atoms with E-state index in [-0.39, 0.29) is 11.7 Å². The van der Waals surface area contributed by atoms with Crippen molar-refractivity contribution in [2.45, 2.75) is 24.3 Å². The van der Waals surface area contributed by atoms with Gasteiger partial charge in [0.15, 0.2) is 0 Å². The van der Waals surface area contributed by atoms with Gasteiger partial charge < -0.3 is 10.4 Å². The van der Waals surface area contributed by atoms with Gasteiger partial charge >= 0.3 is 5.97 Å². The number of hydrogen-bond acceptors (Lipinski definition) is 3. The molecule has 0 aliphatic heterocycles. The standard InChI is InChI=1S/C12H13Cl2NO3S/c1-2-9(12(17)18)15-11(16)6-19-10-5-7(13)3-4-8(10)14/h3-5,9H,2,6H2,1H3,(H,15,16)(H,17,18). The minimum Gasteiger partial charge on any atom is -0.480 e. The van der Waals surface area contributed by atoms with E-state index in [1.807, 2.05) is 0 Å². The van der Waals surface area contributed by atoms with Gasteiger partial charge in [0.1, 0.15) is 6.04 Å². The fourth-order valence-corrected chi connectivity index (χ4v) is 2.61. The summed E-state index contributed by atoms with van der Waals surface area (Å²) < 4.78 is 0. The van der Waals surface area contributed by atoms with E-state index in [2.05, 4.69) is 5.32 Å². The average Bonchev–Trinajstić information content (AvgIpc) is 2.36. The van der Waals surface area contributed by atoms with Crippen molar-refractivity contribution in [1.29, 1.82) is 0 Å². The summed E-state index contributed by atoms with van der Waals surface area (Å²) in [5, 5.41) is 12.3. The van der Waals surface area contributed by atoms with E-state index in [0.29, 0.717) is 21.4 Å². The lowest BCUT2D eigenvalue weighted by Crippen LogP contribution is -2.41. The van der Waals surface area contributed by atoms with Crippen LogP contribution in [0.1, 0.15) is 13.3 Å². The smallest absolute Gasteiger partial charge is 0.326 e. The second kappa shape index (κ2) is 7.62. The van der Waals surface area contributed by atoms with Gasteiger partial charge in [-0.2, -0.15) is 0 Å². The SMILES string of the molecule is CCC(NC(=O)CSc1cc(Cl)ccc1Cl)C(=O)O.